The molecule has 0 N–H and O–H groups in total. The molecule has 0 radical (unpaired) electrons. The Labute approximate surface area is 149 Å². The number of hydrogen-bond acceptors (Lipinski definition) is 4. The lowest BCUT2D eigenvalue weighted by molar-refractivity contribution is 0.195. The molecule has 5 nitrogen and oxygen atoms in total. The van der Waals surface area contributed by atoms with E-state index in [1.807, 2.05) is 31.2 Å². The molecule has 0 unspecified atom stereocenters. The van der Waals surface area contributed by atoms with Crippen LogP contribution in [0.3, 0.4) is 0 Å². The summed E-state index contributed by atoms with van der Waals surface area (Å²) in [6.45, 7) is 2.41. The van der Waals surface area contributed by atoms with Gasteiger partial charge in [0.15, 0.2) is 0 Å². The van der Waals surface area contributed by atoms with Crippen molar-refractivity contribution >= 4 is 12.0 Å². The van der Waals surface area contributed by atoms with E-state index in [2.05, 4.69) is 10.1 Å². The lowest BCUT2D eigenvalue weighted by Crippen LogP contribution is -2.08. The fraction of sp³-hybridized carbons (Fsp3) is 0.158. The fourth-order valence-electron chi connectivity index (χ4n) is 2.29. The summed E-state index contributed by atoms with van der Waals surface area (Å²) in [5.41, 5.74) is 1.21. The molecule has 2 aromatic carbocycles. The van der Waals surface area contributed by atoms with Gasteiger partial charge in [0.05, 0.1) is 11.8 Å². The first-order chi connectivity index (χ1) is 12.6. The van der Waals surface area contributed by atoms with Gasteiger partial charge in [-0.05, 0) is 36.8 Å². The smallest absolute Gasteiger partial charge is 0.148 e. The van der Waals surface area contributed by atoms with Crippen molar-refractivity contribution in [2.45, 2.75) is 6.92 Å². The standard InChI is InChI=1S/C19H17F2N3O2/c1-14-3-2-4-16(9-14)25-7-8-26-19(11-24-13-22-12-23-24)17-6-5-15(20)10-18(17)21/h2-6,9-13H,7-8H2,1H3/b19-11+. The molecule has 0 aliphatic rings. The second-order valence-corrected chi connectivity index (χ2v) is 5.51. The zero-order valence-corrected chi connectivity index (χ0v) is 14.1. The van der Waals surface area contributed by atoms with E-state index in [0.717, 1.165) is 17.4 Å². The molecule has 3 rings (SSSR count). The Balaban J connectivity index is 1.70. The first kappa shape index (κ1) is 17.6. The number of ether oxygens (including phenoxy) is 2. The van der Waals surface area contributed by atoms with Gasteiger partial charge >= 0.3 is 0 Å². The number of aryl methyl sites for hydroxylation is 1. The highest BCUT2D eigenvalue weighted by Gasteiger charge is 2.11. The first-order valence-electron chi connectivity index (χ1n) is 7.95. The van der Waals surface area contributed by atoms with E-state index in [1.165, 1.54) is 35.7 Å². The fourth-order valence-corrected chi connectivity index (χ4v) is 2.29. The van der Waals surface area contributed by atoms with Crippen LogP contribution in [0.25, 0.3) is 12.0 Å². The van der Waals surface area contributed by atoms with Crippen LogP contribution in [0.4, 0.5) is 8.78 Å². The molecule has 7 heteroatoms. The van der Waals surface area contributed by atoms with Gasteiger partial charge in [0.1, 0.15) is 49.0 Å². The Morgan fingerprint density at radius 3 is 2.77 bits per heavy atom. The van der Waals surface area contributed by atoms with Gasteiger partial charge in [-0.2, -0.15) is 5.10 Å². The van der Waals surface area contributed by atoms with Crippen LogP contribution in [0, 0.1) is 18.6 Å². The van der Waals surface area contributed by atoms with Gasteiger partial charge in [-0.25, -0.2) is 18.4 Å². The molecule has 26 heavy (non-hydrogen) atoms. The molecule has 0 amide bonds. The Bertz CT molecular complexity index is 896. The van der Waals surface area contributed by atoms with Crippen LogP contribution in [0.2, 0.25) is 0 Å². The van der Waals surface area contributed by atoms with Crippen LogP contribution >= 0.6 is 0 Å². The van der Waals surface area contributed by atoms with Crippen molar-refractivity contribution in [3.8, 4) is 5.75 Å². The van der Waals surface area contributed by atoms with Crippen molar-refractivity contribution < 1.29 is 18.3 Å². The molecule has 0 fully saturated rings. The van der Waals surface area contributed by atoms with Crippen molar-refractivity contribution in [3.63, 3.8) is 0 Å². The minimum Gasteiger partial charge on any atom is -0.490 e. The van der Waals surface area contributed by atoms with Crippen molar-refractivity contribution in [3.05, 3.63) is 77.9 Å². The molecule has 0 atom stereocenters. The van der Waals surface area contributed by atoms with E-state index in [9.17, 15) is 8.78 Å². The first-order valence-corrected chi connectivity index (χ1v) is 7.95. The average molecular weight is 357 g/mol. The van der Waals surface area contributed by atoms with E-state index in [4.69, 9.17) is 9.47 Å². The molecular weight excluding hydrogens is 340 g/mol. The summed E-state index contributed by atoms with van der Waals surface area (Å²) >= 11 is 0. The zero-order chi connectivity index (χ0) is 18.4. The molecule has 134 valence electrons. The van der Waals surface area contributed by atoms with Crippen LogP contribution < -0.4 is 4.74 Å². The third-order valence-electron chi connectivity index (χ3n) is 3.48. The number of aromatic nitrogens is 3. The molecule has 0 spiro atoms. The van der Waals surface area contributed by atoms with Crippen LogP contribution in [0.15, 0.2) is 55.1 Å². The van der Waals surface area contributed by atoms with Gasteiger partial charge in [0, 0.05) is 6.07 Å². The lowest BCUT2D eigenvalue weighted by Gasteiger charge is -2.13. The molecule has 0 aliphatic heterocycles. The van der Waals surface area contributed by atoms with Gasteiger partial charge in [0.25, 0.3) is 0 Å². The summed E-state index contributed by atoms with van der Waals surface area (Å²) in [4.78, 5) is 3.82. The highest BCUT2D eigenvalue weighted by atomic mass is 19.1. The van der Waals surface area contributed by atoms with Gasteiger partial charge in [-0.15, -0.1) is 0 Å². The molecular formula is C19H17F2N3O2. The van der Waals surface area contributed by atoms with Gasteiger partial charge in [0.2, 0.25) is 0 Å². The van der Waals surface area contributed by atoms with Gasteiger partial charge in [-0.3, -0.25) is 0 Å². The molecule has 1 heterocycles. The molecule has 0 saturated carbocycles. The predicted octanol–water partition coefficient (Wildman–Crippen LogP) is 3.92. The second kappa shape index (κ2) is 8.24. The summed E-state index contributed by atoms with van der Waals surface area (Å²) in [5.74, 6) is -0.464. The number of benzene rings is 2. The number of rotatable bonds is 7. The van der Waals surface area contributed by atoms with Gasteiger partial charge in [-0.1, -0.05) is 12.1 Å². The van der Waals surface area contributed by atoms with Crippen molar-refractivity contribution in [1.82, 2.24) is 14.8 Å². The third-order valence-corrected chi connectivity index (χ3v) is 3.48. The molecule has 0 bridgehead atoms. The summed E-state index contributed by atoms with van der Waals surface area (Å²) in [7, 11) is 0. The minimum atomic E-state index is -0.726. The topological polar surface area (TPSA) is 49.2 Å². The van der Waals surface area contributed by atoms with E-state index < -0.39 is 11.6 Å². The van der Waals surface area contributed by atoms with Crippen molar-refractivity contribution in [2.75, 3.05) is 13.2 Å². The van der Waals surface area contributed by atoms with Gasteiger partial charge < -0.3 is 9.47 Å². The van der Waals surface area contributed by atoms with Crippen molar-refractivity contribution in [1.29, 1.82) is 0 Å². The SMILES string of the molecule is Cc1cccc(OCCO/C(=C/n2cncn2)c2ccc(F)cc2F)c1. The lowest BCUT2D eigenvalue weighted by atomic mass is 10.2. The van der Waals surface area contributed by atoms with E-state index in [-0.39, 0.29) is 24.5 Å². The summed E-state index contributed by atoms with van der Waals surface area (Å²) < 4.78 is 39.9. The maximum Gasteiger partial charge on any atom is 0.148 e. The maximum absolute atomic E-state index is 14.1. The Kier molecular flexibility index (Phi) is 5.58. The monoisotopic (exact) mass is 357 g/mol. The third kappa shape index (κ3) is 4.66. The van der Waals surface area contributed by atoms with E-state index in [0.29, 0.717) is 0 Å². The van der Waals surface area contributed by atoms with E-state index in [1.54, 1.807) is 0 Å². The van der Waals surface area contributed by atoms with Crippen LogP contribution in [-0.4, -0.2) is 28.0 Å². The van der Waals surface area contributed by atoms with Crippen molar-refractivity contribution in [2.24, 2.45) is 0 Å². The normalized spacial score (nSPS) is 11.4. The number of nitrogens with zero attached hydrogens (tertiary/aromatic N) is 3. The summed E-state index contributed by atoms with van der Waals surface area (Å²) in [6.07, 6.45) is 4.25. The second-order valence-electron chi connectivity index (χ2n) is 5.51. The maximum atomic E-state index is 14.1. The molecule has 3 aromatic rings. The van der Waals surface area contributed by atoms with Crippen LogP contribution in [0.1, 0.15) is 11.1 Å². The van der Waals surface area contributed by atoms with E-state index >= 15 is 0 Å². The van der Waals surface area contributed by atoms with Crippen LogP contribution in [0.5, 0.6) is 5.75 Å². The number of hydrogen-bond donors (Lipinski definition) is 0. The highest BCUT2D eigenvalue weighted by molar-refractivity contribution is 5.70. The molecule has 0 saturated heterocycles. The minimum absolute atomic E-state index is 0.123. The molecule has 0 aliphatic carbocycles. The van der Waals surface area contributed by atoms with Crippen LogP contribution in [-0.2, 0) is 4.74 Å². The Morgan fingerprint density at radius 1 is 1.15 bits per heavy atom. The zero-order valence-electron chi connectivity index (χ0n) is 14.1. The Hall–Kier alpha value is -3.22. The largest absolute Gasteiger partial charge is 0.490 e. The summed E-state index contributed by atoms with van der Waals surface area (Å²) in [5, 5.41) is 3.94. The quantitative estimate of drug-likeness (QED) is 0.475. The highest BCUT2D eigenvalue weighted by Crippen LogP contribution is 2.21. The summed E-state index contributed by atoms with van der Waals surface area (Å²) in [6, 6.07) is 10.9. The Morgan fingerprint density at radius 2 is 2.04 bits per heavy atom. The average Bonchev–Trinajstić information content (AvgIpc) is 3.11. The molecule has 1 aromatic heterocycles. The predicted molar refractivity (Wildman–Crippen MR) is 93.2 cm³/mol. The number of halogens is 2.